The van der Waals surface area contributed by atoms with Crippen molar-refractivity contribution in [3.63, 3.8) is 0 Å². The van der Waals surface area contributed by atoms with Crippen molar-refractivity contribution >= 4 is 54.5 Å². The maximum Gasteiger partial charge on any atom is 0.0970 e. The molecule has 0 radical (unpaired) electrons. The van der Waals surface area contributed by atoms with Gasteiger partial charge in [-0.15, -0.1) is 0 Å². The van der Waals surface area contributed by atoms with Gasteiger partial charge in [0.05, 0.1) is 39.0 Å². The number of rotatable bonds is 4. The first kappa shape index (κ1) is 28.2. The zero-order valence-corrected chi connectivity index (χ0v) is 26.8. The monoisotopic (exact) mass is 637 g/mol. The molecule has 0 bridgehead atoms. The highest BCUT2D eigenvalue weighted by atomic mass is 14.7. The van der Waals surface area contributed by atoms with Gasteiger partial charge in [-0.05, 0) is 89.0 Å². The molecular formula is C45H27N5. The van der Waals surface area contributed by atoms with Gasteiger partial charge in [0, 0.05) is 56.6 Å². The van der Waals surface area contributed by atoms with Crippen LogP contribution in [0.3, 0.4) is 0 Å². The maximum absolute atomic E-state index is 5.05. The van der Waals surface area contributed by atoms with E-state index in [1.807, 2.05) is 55.0 Å². The number of nitrogens with zero attached hydrogens (tertiary/aromatic N) is 5. The van der Waals surface area contributed by atoms with Gasteiger partial charge in [-0.1, -0.05) is 78.9 Å². The Balaban J connectivity index is 0.946. The van der Waals surface area contributed by atoms with E-state index in [1.165, 1.54) is 0 Å². The normalized spacial score (nSPS) is 11.6. The molecule has 5 aromatic carbocycles. The maximum atomic E-state index is 5.05. The standard InChI is InChI=1S/C45H27N5/c1-2-8-42-35(6-1)36(21-24-46-42)43-20-16-33-26-31(14-18-41(33)50-43)30-13-17-40-32(25-30)15-19-39(49-40)29-11-9-28(10-12-29)38-27-34-5-3-22-47-44(34)45-37(38)7-4-23-48-45/h1-27H. The lowest BCUT2D eigenvalue weighted by molar-refractivity contribution is 1.37. The highest BCUT2D eigenvalue weighted by Gasteiger charge is 2.12. The number of pyridine rings is 5. The smallest absolute Gasteiger partial charge is 0.0970 e. The fourth-order valence-corrected chi connectivity index (χ4v) is 7.08. The first-order valence-electron chi connectivity index (χ1n) is 16.6. The van der Waals surface area contributed by atoms with Crippen LogP contribution < -0.4 is 0 Å². The molecule has 10 rings (SSSR count). The van der Waals surface area contributed by atoms with Gasteiger partial charge in [-0.2, -0.15) is 0 Å². The summed E-state index contributed by atoms with van der Waals surface area (Å²) in [6, 6.07) is 50.8. The van der Waals surface area contributed by atoms with Gasteiger partial charge < -0.3 is 0 Å². The lowest BCUT2D eigenvalue weighted by atomic mass is 9.96. The summed E-state index contributed by atoms with van der Waals surface area (Å²) in [5, 5.41) is 5.49. The summed E-state index contributed by atoms with van der Waals surface area (Å²) in [7, 11) is 0. The van der Waals surface area contributed by atoms with Gasteiger partial charge in [0.2, 0.25) is 0 Å². The predicted molar refractivity (Wildman–Crippen MR) is 205 cm³/mol. The van der Waals surface area contributed by atoms with Crippen molar-refractivity contribution in [1.29, 1.82) is 0 Å². The first-order chi connectivity index (χ1) is 24.7. The summed E-state index contributed by atoms with van der Waals surface area (Å²) in [5.41, 5.74) is 13.4. The highest BCUT2D eigenvalue weighted by molar-refractivity contribution is 6.10. The van der Waals surface area contributed by atoms with Crippen LogP contribution in [0, 0.1) is 0 Å². The molecule has 0 unspecified atom stereocenters. The molecule has 5 heterocycles. The van der Waals surface area contributed by atoms with Crippen LogP contribution in [0.5, 0.6) is 0 Å². The van der Waals surface area contributed by atoms with E-state index < -0.39 is 0 Å². The van der Waals surface area contributed by atoms with Crippen LogP contribution in [0.2, 0.25) is 0 Å². The number of para-hydroxylation sites is 1. The quantitative estimate of drug-likeness (QED) is 0.180. The van der Waals surface area contributed by atoms with Crippen LogP contribution in [-0.2, 0) is 0 Å². The van der Waals surface area contributed by atoms with E-state index in [1.54, 1.807) is 0 Å². The summed E-state index contributed by atoms with van der Waals surface area (Å²) in [6.07, 6.45) is 5.51. The van der Waals surface area contributed by atoms with Crippen LogP contribution in [0.25, 0.3) is 99.3 Å². The first-order valence-corrected chi connectivity index (χ1v) is 16.6. The van der Waals surface area contributed by atoms with Crippen molar-refractivity contribution in [1.82, 2.24) is 24.9 Å². The molecular weight excluding hydrogens is 611 g/mol. The molecule has 0 aliphatic carbocycles. The molecule has 0 saturated heterocycles. The molecule has 0 fully saturated rings. The Labute approximate surface area is 287 Å². The van der Waals surface area contributed by atoms with Gasteiger partial charge in [0.1, 0.15) is 0 Å². The Morgan fingerprint density at radius 3 is 1.76 bits per heavy atom. The molecule has 0 saturated carbocycles. The van der Waals surface area contributed by atoms with Crippen LogP contribution in [0.1, 0.15) is 0 Å². The van der Waals surface area contributed by atoms with Crippen molar-refractivity contribution in [2.75, 3.05) is 0 Å². The van der Waals surface area contributed by atoms with Gasteiger partial charge in [-0.3, -0.25) is 15.0 Å². The van der Waals surface area contributed by atoms with Gasteiger partial charge in [-0.25, -0.2) is 9.97 Å². The third-order valence-corrected chi connectivity index (χ3v) is 9.59. The van der Waals surface area contributed by atoms with Gasteiger partial charge in [0.15, 0.2) is 0 Å². The number of fused-ring (bicyclic) bond motifs is 6. The second-order valence-electron chi connectivity index (χ2n) is 12.6. The number of hydrogen-bond donors (Lipinski definition) is 0. The van der Waals surface area contributed by atoms with E-state index in [2.05, 4.69) is 124 Å². The summed E-state index contributed by atoms with van der Waals surface area (Å²) in [5.74, 6) is 0. The van der Waals surface area contributed by atoms with E-state index in [-0.39, 0.29) is 0 Å². The fourth-order valence-electron chi connectivity index (χ4n) is 7.08. The van der Waals surface area contributed by atoms with E-state index in [4.69, 9.17) is 9.97 Å². The van der Waals surface area contributed by atoms with Crippen LogP contribution in [-0.4, -0.2) is 24.9 Å². The Morgan fingerprint density at radius 2 is 0.960 bits per heavy atom. The summed E-state index contributed by atoms with van der Waals surface area (Å²) in [6.45, 7) is 0. The molecule has 0 amide bonds. The van der Waals surface area contributed by atoms with Crippen molar-refractivity contribution in [2.45, 2.75) is 0 Å². The van der Waals surface area contributed by atoms with Crippen LogP contribution in [0.4, 0.5) is 0 Å². The molecule has 5 aromatic heterocycles. The van der Waals surface area contributed by atoms with E-state index in [9.17, 15) is 0 Å². The molecule has 232 valence electrons. The molecule has 0 atom stereocenters. The minimum atomic E-state index is 0.921. The van der Waals surface area contributed by atoms with Crippen molar-refractivity contribution in [2.24, 2.45) is 0 Å². The fraction of sp³-hybridized carbons (Fsp3) is 0. The average molecular weight is 638 g/mol. The largest absolute Gasteiger partial charge is 0.256 e. The summed E-state index contributed by atoms with van der Waals surface area (Å²) >= 11 is 0. The lowest BCUT2D eigenvalue weighted by Crippen LogP contribution is -1.90. The van der Waals surface area contributed by atoms with Gasteiger partial charge >= 0.3 is 0 Å². The van der Waals surface area contributed by atoms with E-state index >= 15 is 0 Å². The molecule has 5 nitrogen and oxygen atoms in total. The predicted octanol–water partition coefficient (Wildman–Crippen LogP) is 11.1. The Hall–Kier alpha value is -6.85. The number of hydrogen-bond acceptors (Lipinski definition) is 5. The van der Waals surface area contributed by atoms with Crippen LogP contribution >= 0.6 is 0 Å². The molecule has 0 aliphatic rings. The SMILES string of the molecule is c1cnc2c(c1)cc(-c1ccc(-c3ccc4cc(-c5ccc6nc(-c7ccnc8ccccc78)ccc6c5)ccc4n3)cc1)c1cccnc12. The Morgan fingerprint density at radius 1 is 0.320 bits per heavy atom. The molecule has 0 N–H and O–H groups in total. The molecule has 5 heteroatoms. The molecule has 0 spiro atoms. The lowest BCUT2D eigenvalue weighted by Gasteiger charge is -2.11. The van der Waals surface area contributed by atoms with E-state index in [0.717, 1.165) is 99.3 Å². The second kappa shape index (κ2) is 11.4. The molecule has 0 aliphatic heterocycles. The van der Waals surface area contributed by atoms with Crippen molar-refractivity contribution < 1.29 is 0 Å². The average Bonchev–Trinajstić information content (AvgIpc) is 3.19. The Kier molecular flexibility index (Phi) is 6.42. The van der Waals surface area contributed by atoms with Crippen LogP contribution in [0.15, 0.2) is 164 Å². The summed E-state index contributed by atoms with van der Waals surface area (Å²) < 4.78 is 0. The molecule has 10 aromatic rings. The number of aromatic nitrogens is 5. The topological polar surface area (TPSA) is 64.5 Å². The summed E-state index contributed by atoms with van der Waals surface area (Å²) in [4.78, 5) is 23.9. The van der Waals surface area contributed by atoms with Crippen molar-refractivity contribution in [3.05, 3.63) is 164 Å². The number of benzene rings is 5. The third kappa shape index (κ3) is 4.75. The minimum absolute atomic E-state index is 0.921. The zero-order chi connectivity index (χ0) is 33.0. The van der Waals surface area contributed by atoms with Crippen molar-refractivity contribution in [3.8, 4) is 44.8 Å². The third-order valence-electron chi connectivity index (χ3n) is 9.59. The second-order valence-corrected chi connectivity index (χ2v) is 12.6. The Bertz CT molecular complexity index is 2930. The zero-order valence-electron chi connectivity index (χ0n) is 26.8. The molecule has 50 heavy (non-hydrogen) atoms. The van der Waals surface area contributed by atoms with Gasteiger partial charge in [0.25, 0.3) is 0 Å². The minimum Gasteiger partial charge on any atom is -0.256 e. The van der Waals surface area contributed by atoms with E-state index in [0.29, 0.717) is 0 Å². The highest BCUT2D eigenvalue weighted by Crippen LogP contribution is 2.35.